The molecule has 0 atom stereocenters. The second kappa shape index (κ2) is 3.91. The number of hydrogen-bond acceptors (Lipinski definition) is 3. The zero-order valence-corrected chi connectivity index (χ0v) is 12.1. The Kier molecular flexibility index (Phi) is 2.31. The van der Waals surface area contributed by atoms with Crippen LogP contribution in [0.1, 0.15) is 10.4 Å². The molecule has 0 radical (unpaired) electrons. The van der Waals surface area contributed by atoms with Crippen molar-refractivity contribution in [1.29, 1.82) is 0 Å². The molecular formula is C13H9BrN3OS+. The molecule has 1 aliphatic rings. The third-order valence-electron chi connectivity index (χ3n) is 3.31. The van der Waals surface area contributed by atoms with Gasteiger partial charge in [-0.3, -0.25) is 10.3 Å². The van der Waals surface area contributed by atoms with Crippen LogP contribution in [0.4, 0.5) is 0 Å². The van der Waals surface area contributed by atoms with E-state index in [1.807, 2.05) is 6.07 Å². The standard InChI is InChI=1S/C13H9BrN3OS/c14-11-5-8-10(19-11)4-9-12(15-16-13(8)9)7-2-1-3-17(18)6-7/h1-3,5-6,18H,4H2,(H,15,16)/q+1. The predicted octanol–water partition coefficient (Wildman–Crippen LogP) is 3.00. The van der Waals surface area contributed by atoms with Crippen LogP contribution in [-0.4, -0.2) is 15.4 Å². The Balaban J connectivity index is 1.88. The Labute approximate surface area is 121 Å². The Morgan fingerprint density at radius 2 is 2.37 bits per heavy atom. The molecule has 0 bridgehead atoms. The molecule has 3 heterocycles. The Morgan fingerprint density at radius 3 is 3.21 bits per heavy atom. The van der Waals surface area contributed by atoms with Crippen LogP contribution in [0.25, 0.3) is 22.5 Å². The lowest BCUT2D eigenvalue weighted by atomic mass is 10.1. The molecule has 3 aromatic rings. The van der Waals surface area contributed by atoms with Gasteiger partial charge in [-0.25, -0.2) is 0 Å². The van der Waals surface area contributed by atoms with Gasteiger partial charge < -0.3 is 0 Å². The molecule has 2 N–H and O–H groups in total. The van der Waals surface area contributed by atoms with E-state index in [-0.39, 0.29) is 0 Å². The summed E-state index contributed by atoms with van der Waals surface area (Å²) in [6.45, 7) is 0. The lowest BCUT2D eigenvalue weighted by molar-refractivity contribution is -0.904. The van der Waals surface area contributed by atoms with E-state index in [4.69, 9.17) is 0 Å². The number of nitrogens with one attached hydrogen (secondary N) is 1. The van der Waals surface area contributed by atoms with Gasteiger partial charge in [0.25, 0.3) is 0 Å². The first-order valence-corrected chi connectivity index (χ1v) is 7.40. The van der Waals surface area contributed by atoms with Crippen molar-refractivity contribution >= 4 is 27.3 Å². The second-order valence-electron chi connectivity index (χ2n) is 4.46. The summed E-state index contributed by atoms with van der Waals surface area (Å²) >= 11 is 5.28. The van der Waals surface area contributed by atoms with Gasteiger partial charge in [0.15, 0.2) is 0 Å². The summed E-state index contributed by atoms with van der Waals surface area (Å²) in [4.78, 5) is 1.35. The van der Waals surface area contributed by atoms with Gasteiger partial charge in [0.1, 0.15) is 5.69 Å². The number of aromatic amines is 1. The summed E-state index contributed by atoms with van der Waals surface area (Å²) in [5.74, 6) is 0. The summed E-state index contributed by atoms with van der Waals surface area (Å²) in [5, 5.41) is 17.0. The van der Waals surface area contributed by atoms with Crippen LogP contribution in [0.2, 0.25) is 0 Å². The van der Waals surface area contributed by atoms with Crippen molar-refractivity contribution < 1.29 is 9.94 Å². The average Bonchev–Trinajstić information content (AvgIpc) is 2.99. The van der Waals surface area contributed by atoms with Crippen LogP contribution in [0.3, 0.4) is 0 Å². The number of nitrogens with zero attached hydrogens (tertiary/aromatic N) is 2. The Hall–Kier alpha value is -1.66. The summed E-state index contributed by atoms with van der Waals surface area (Å²) in [6.07, 6.45) is 4.15. The van der Waals surface area contributed by atoms with Crippen LogP contribution in [0, 0.1) is 0 Å². The fourth-order valence-corrected chi connectivity index (χ4v) is 4.22. The molecule has 0 amide bonds. The lowest BCUT2D eigenvalue weighted by Gasteiger charge is -1.96. The van der Waals surface area contributed by atoms with Crippen molar-refractivity contribution in [3.8, 4) is 22.5 Å². The zero-order chi connectivity index (χ0) is 13.0. The maximum atomic E-state index is 9.50. The van der Waals surface area contributed by atoms with E-state index >= 15 is 0 Å². The minimum atomic E-state index is 0.896. The molecule has 0 aromatic carbocycles. The van der Waals surface area contributed by atoms with E-state index in [0.717, 1.165) is 31.9 Å². The first-order chi connectivity index (χ1) is 9.22. The van der Waals surface area contributed by atoms with Gasteiger partial charge >= 0.3 is 0 Å². The maximum Gasteiger partial charge on any atom is 0.231 e. The highest BCUT2D eigenvalue weighted by Gasteiger charge is 2.27. The highest BCUT2D eigenvalue weighted by Crippen LogP contribution is 2.45. The number of aromatic nitrogens is 3. The summed E-state index contributed by atoms with van der Waals surface area (Å²) in [5.41, 5.74) is 5.37. The first kappa shape index (κ1) is 11.2. The molecule has 0 saturated carbocycles. The van der Waals surface area contributed by atoms with Crippen LogP contribution < -0.4 is 4.73 Å². The minimum absolute atomic E-state index is 0.896. The van der Waals surface area contributed by atoms with Crippen molar-refractivity contribution in [3.63, 3.8) is 0 Å². The number of rotatable bonds is 1. The molecule has 0 aliphatic heterocycles. The Bertz CT molecular complexity index is 793. The summed E-state index contributed by atoms with van der Waals surface area (Å²) < 4.78 is 2.20. The van der Waals surface area contributed by atoms with Gasteiger partial charge in [-0.1, -0.05) is 0 Å². The molecular weight excluding hydrogens is 326 g/mol. The lowest BCUT2D eigenvalue weighted by Crippen LogP contribution is -2.28. The molecule has 4 nitrogen and oxygen atoms in total. The van der Waals surface area contributed by atoms with E-state index in [9.17, 15) is 5.21 Å². The number of fused-ring (bicyclic) bond motifs is 3. The van der Waals surface area contributed by atoms with Gasteiger partial charge in [-0.15, -0.1) is 11.3 Å². The molecule has 0 saturated heterocycles. The second-order valence-corrected chi connectivity index (χ2v) is 6.98. The number of pyridine rings is 1. The van der Waals surface area contributed by atoms with Crippen molar-refractivity contribution in [1.82, 2.24) is 10.2 Å². The molecule has 6 heteroatoms. The monoisotopic (exact) mass is 334 g/mol. The molecule has 0 spiro atoms. The molecule has 1 aliphatic carbocycles. The molecule has 94 valence electrons. The fraction of sp³-hybridized carbons (Fsp3) is 0.0769. The topological polar surface area (TPSA) is 52.8 Å². The Morgan fingerprint density at radius 1 is 1.47 bits per heavy atom. The smallest absolute Gasteiger partial charge is 0.231 e. The highest BCUT2D eigenvalue weighted by molar-refractivity contribution is 9.11. The third kappa shape index (κ3) is 1.63. The van der Waals surface area contributed by atoms with Gasteiger partial charge in [0.2, 0.25) is 12.4 Å². The van der Waals surface area contributed by atoms with Gasteiger partial charge in [-0.2, -0.15) is 5.10 Å². The quantitative estimate of drug-likeness (QED) is 0.415. The first-order valence-electron chi connectivity index (χ1n) is 5.79. The van der Waals surface area contributed by atoms with Crippen LogP contribution in [0.5, 0.6) is 0 Å². The van der Waals surface area contributed by atoms with Gasteiger partial charge in [-0.05, 0) is 28.1 Å². The van der Waals surface area contributed by atoms with Crippen molar-refractivity contribution in [2.75, 3.05) is 0 Å². The number of H-pyrrole nitrogens is 1. The van der Waals surface area contributed by atoms with Crippen LogP contribution in [0.15, 0.2) is 34.4 Å². The van der Waals surface area contributed by atoms with E-state index in [0.29, 0.717) is 0 Å². The van der Waals surface area contributed by atoms with E-state index in [1.165, 1.54) is 16.0 Å². The maximum absolute atomic E-state index is 9.50. The normalized spacial score (nSPS) is 12.5. The van der Waals surface area contributed by atoms with Crippen molar-refractivity contribution in [2.24, 2.45) is 0 Å². The molecule has 3 aromatic heterocycles. The third-order valence-corrected chi connectivity index (χ3v) is 4.95. The fourth-order valence-electron chi connectivity index (χ4n) is 2.50. The van der Waals surface area contributed by atoms with Crippen LogP contribution in [-0.2, 0) is 6.42 Å². The number of thiophene rings is 1. The number of hydrogen-bond donors (Lipinski definition) is 2. The van der Waals surface area contributed by atoms with Gasteiger partial charge in [0.05, 0.1) is 15.0 Å². The molecule has 19 heavy (non-hydrogen) atoms. The molecule has 0 fully saturated rings. The SMILES string of the molecule is O[n+]1cccc(-c2n[nH]c3c2Cc2sc(Br)cc2-3)c1. The molecule has 4 rings (SSSR count). The summed E-state index contributed by atoms with van der Waals surface area (Å²) in [6, 6.07) is 5.88. The largest absolute Gasteiger partial charge is 0.285 e. The summed E-state index contributed by atoms with van der Waals surface area (Å²) in [7, 11) is 0. The van der Waals surface area contributed by atoms with Crippen LogP contribution >= 0.6 is 27.3 Å². The van der Waals surface area contributed by atoms with Crippen molar-refractivity contribution in [2.45, 2.75) is 6.42 Å². The van der Waals surface area contributed by atoms with E-state index in [2.05, 4.69) is 32.2 Å². The highest BCUT2D eigenvalue weighted by atomic mass is 79.9. The molecule has 0 unspecified atom stereocenters. The van der Waals surface area contributed by atoms with Gasteiger partial charge in [0, 0.05) is 33.2 Å². The zero-order valence-electron chi connectivity index (χ0n) is 9.72. The number of halogens is 1. The average molecular weight is 335 g/mol. The van der Waals surface area contributed by atoms with E-state index in [1.54, 1.807) is 29.8 Å². The minimum Gasteiger partial charge on any atom is -0.285 e. The predicted molar refractivity (Wildman–Crippen MR) is 75.2 cm³/mol. The van der Waals surface area contributed by atoms with E-state index < -0.39 is 0 Å². The van der Waals surface area contributed by atoms with Crippen molar-refractivity contribution in [3.05, 3.63) is 44.8 Å².